The lowest BCUT2D eigenvalue weighted by atomic mass is 9.92. The molecule has 3 unspecified atom stereocenters. The van der Waals surface area contributed by atoms with Crippen LogP contribution in [0.5, 0.6) is 0 Å². The van der Waals surface area contributed by atoms with E-state index in [0.29, 0.717) is 18.1 Å². The number of nitrogens with one attached hydrogen (secondary N) is 2. The van der Waals surface area contributed by atoms with Gasteiger partial charge in [-0.15, -0.1) is 24.0 Å². The fraction of sp³-hybridized carbons (Fsp3) is 0.952. The van der Waals surface area contributed by atoms with Crippen LogP contribution in [0.15, 0.2) is 4.99 Å². The van der Waals surface area contributed by atoms with Crippen LogP contribution in [0.3, 0.4) is 0 Å². The molecule has 3 rings (SSSR count). The van der Waals surface area contributed by atoms with Gasteiger partial charge >= 0.3 is 0 Å². The second-order valence-corrected chi connectivity index (χ2v) is 8.73. The van der Waals surface area contributed by atoms with E-state index >= 15 is 0 Å². The topological polar surface area (TPSA) is 52.1 Å². The predicted octanol–water partition coefficient (Wildman–Crippen LogP) is 2.68. The van der Waals surface area contributed by atoms with Gasteiger partial charge in [-0.3, -0.25) is 14.8 Å². The predicted molar refractivity (Wildman–Crippen MR) is 128 cm³/mol. The highest BCUT2D eigenvalue weighted by Crippen LogP contribution is 2.25. The summed E-state index contributed by atoms with van der Waals surface area (Å²) in [5.74, 6) is 0.957. The Morgan fingerprint density at radius 2 is 1.93 bits per heavy atom. The number of nitrogens with zero attached hydrogens (tertiary/aromatic N) is 3. The molecular weight excluding hydrogens is 465 g/mol. The van der Waals surface area contributed by atoms with Crippen LogP contribution < -0.4 is 10.6 Å². The second kappa shape index (κ2) is 12.5. The van der Waals surface area contributed by atoms with Crippen molar-refractivity contribution < 1.29 is 4.74 Å². The molecule has 1 saturated carbocycles. The van der Waals surface area contributed by atoms with E-state index in [1.807, 2.05) is 7.05 Å². The Bertz CT molecular complexity index is 472. The minimum atomic E-state index is 0. The highest BCUT2D eigenvalue weighted by atomic mass is 127. The Labute approximate surface area is 189 Å². The molecule has 0 spiro atoms. The third-order valence-corrected chi connectivity index (χ3v) is 6.66. The summed E-state index contributed by atoms with van der Waals surface area (Å²) in [6.07, 6.45) is 9.61. The molecule has 2 N–H and O–H groups in total. The quantitative estimate of drug-likeness (QED) is 0.341. The summed E-state index contributed by atoms with van der Waals surface area (Å²) in [5.41, 5.74) is 0. The van der Waals surface area contributed by atoms with Crippen LogP contribution in [0, 0.1) is 0 Å². The molecule has 0 aromatic heterocycles. The second-order valence-electron chi connectivity index (χ2n) is 8.73. The van der Waals surface area contributed by atoms with Gasteiger partial charge in [0, 0.05) is 50.8 Å². The summed E-state index contributed by atoms with van der Waals surface area (Å²) in [5, 5.41) is 7.26. The maximum Gasteiger partial charge on any atom is 0.191 e. The fourth-order valence-electron chi connectivity index (χ4n) is 5.05. The van der Waals surface area contributed by atoms with Crippen molar-refractivity contribution in [1.29, 1.82) is 0 Å². The number of halogens is 1. The van der Waals surface area contributed by atoms with Crippen molar-refractivity contribution in [2.75, 3.05) is 46.4 Å². The van der Waals surface area contributed by atoms with E-state index in [0.717, 1.165) is 38.3 Å². The van der Waals surface area contributed by atoms with Gasteiger partial charge in [0.15, 0.2) is 5.96 Å². The molecule has 3 atom stereocenters. The number of aliphatic imine (C=N–C) groups is 1. The van der Waals surface area contributed by atoms with Crippen LogP contribution in [0.2, 0.25) is 0 Å². The molecule has 2 aliphatic heterocycles. The Hall–Kier alpha value is -0.120. The summed E-state index contributed by atoms with van der Waals surface area (Å²) in [6, 6.07) is 2.31. The van der Waals surface area contributed by atoms with E-state index < -0.39 is 0 Å². The molecule has 0 amide bonds. The molecule has 0 aromatic carbocycles. The summed E-state index contributed by atoms with van der Waals surface area (Å²) < 4.78 is 5.57. The molecule has 0 radical (unpaired) electrons. The van der Waals surface area contributed by atoms with Gasteiger partial charge in [-0.25, -0.2) is 0 Å². The number of piperidine rings is 1. The number of ether oxygens (including phenoxy) is 1. The minimum Gasteiger partial charge on any atom is -0.379 e. The molecule has 164 valence electrons. The fourth-order valence-corrected chi connectivity index (χ4v) is 5.05. The van der Waals surface area contributed by atoms with Crippen molar-refractivity contribution in [2.24, 2.45) is 4.99 Å². The van der Waals surface area contributed by atoms with Gasteiger partial charge < -0.3 is 15.4 Å². The maximum atomic E-state index is 5.57. The number of guanidine groups is 1. The average molecular weight is 508 g/mol. The van der Waals surface area contributed by atoms with Gasteiger partial charge in [0.2, 0.25) is 0 Å². The Balaban J connectivity index is 0.00000280. The standard InChI is InChI=1S/C21H41N5O.HI/c1-17(26-12-13-27-16-18(26)2)14-23-21(22-3)24-19-8-7-11-25(15-19)20-9-5-4-6-10-20;/h17-20H,4-16H2,1-3H3,(H2,22,23,24);1H. The van der Waals surface area contributed by atoms with Crippen LogP contribution in [0.25, 0.3) is 0 Å². The third kappa shape index (κ3) is 6.99. The van der Waals surface area contributed by atoms with Crippen molar-refractivity contribution in [3.63, 3.8) is 0 Å². The molecule has 3 fully saturated rings. The molecule has 28 heavy (non-hydrogen) atoms. The van der Waals surface area contributed by atoms with Crippen molar-refractivity contribution in [1.82, 2.24) is 20.4 Å². The lowest BCUT2D eigenvalue weighted by Crippen LogP contribution is -2.56. The van der Waals surface area contributed by atoms with E-state index in [1.165, 1.54) is 58.0 Å². The molecule has 6 nitrogen and oxygen atoms in total. The zero-order valence-corrected chi connectivity index (χ0v) is 20.5. The van der Waals surface area contributed by atoms with Crippen LogP contribution in [-0.2, 0) is 4.74 Å². The highest BCUT2D eigenvalue weighted by molar-refractivity contribution is 14.0. The van der Waals surface area contributed by atoms with E-state index in [2.05, 4.69) is 39.3 Å². The number of likely N-dealkylation sites (tertiary alicyclic amines) is 1. The molecule has 2 saturated heterocycles. The first-order chi connectivity index (χ1) is 13.2. The van der Waals surface area contributed by atoms with E-state index in [4.69, 9.17) is 4.74 Å². The van der Waals surface area contributed by atoms with Crippen molar-refractivity contribution in [3.8, 4) is 0 Å². The van der Waals surface area contributed by atoms with Crippen LogP contribution in [0.4, 0.5) is 0 Å². The lowest BCUT2D eigenvalue weighted by Gasteiger charge is -2.41. The monoisotopic (exact) mass is 507 g/mol. The SMILES string of the molecule is CN=C(NCC(C)N1CCOCC1C)NC1CCCN(C2CCCCC2)C1.I. The van der Waals surface area contributed by atoms with E-state index in [1.54, 1.807) is 0 Å². The average Bonchev–Trinajstić information content (AvgIpc) is 2.72. The summed E-state index contributed by atoms with van der Waals surface area (Å²) in [6.45, 7) is 10.6. The third-order valence-electron chi connectivity index (χ3n) is 6.66. The molecule has 7 heteroatoms. The molecular formula is C21H42IN5O. The van der Waals surface area contributed by atoms with E-state index in [9.17, 15) is 0 Å². The normalized spacial score (nSPS) is 29.8. The first-order valence-electron chi connectivity index (χ1n) is 11.2. The van der Waals surface area contributed by atoms with Gasteiger partial charge in [0.25, 0.3) is 0 Å². The van der Waals surface area contributed by atoms with Gasteiger partial charge in [-0.05, 0) is 46.1 Å². The maximum absolute atomic E-state index is 5.57. The van der Waals surface area contributed by atoms with Crippen molar-refractivity contribution in [3.05, 3.63) is 0 Å². The molecule has 0 bridgehead atoms. The van der Waals surface area contributed by atoms with Crippen LogP contribution >= 0.6 is 24.0 Å². The highest BCUT2D eigenvalue weighted by Gasteiger charge is 2.28. The minimum absolute atomic E-state index is 0. The number of hydrogen-bond acceptors (Lipinski definition) is 4. The first kappa shape index (κ1) is 24.2. The molecule has 3 aliphatic rings. The van der Waals surface area contributed by atoms with Crippen LogP contribution in [-0.4, -0.2) is 86.4 Å². The van der Waals surface area contributed by atoms with E-state index in [-0.39, 0.29) is 24.0 Å². The number of rotatable bonds is 5. The number of morpholine rings is 1. The Morgan fingerprint density at radius 3 is 2.64 bits per heavy atom. The van der Waals surface area contributed by atoms with Gasteiger partial charge in [0.1, 0.15) is 0 Å². The lowest BCUT2D eigenvalue weighted by molar-refractivity contribution is -0.0174. The Morgan fingerprint density at radius 1 is 1.14 bits per heavy atom. The Kier molecular flexibility index (Phi) is 10.8. The summed E-state index contributed by atoms with van der Waals surface area (Å²) >= 11 is 0. The summed E-state index contributed by atoms with van der Waals surface area (Å²) in [7, 11) is 1.89. The zero-order chi connectivity index (χ0) is 19.1. The van der Waals surface area contributed by atoms with Crippen LogP contribution in [0.1, 0.15) is 58.8 Å². The largest absolute Gasteiger partial charge is 0.379 e. The number of hydrogen-bond donors (Lipinski definition) is 2. The van der Waals surface area contributed by atoms with Gasteiger partial charge in [-0.1, -0.05) is 19.3 Å². The van der Waals surface area contributed by atoms with Crippen molar-refractivity contribution in [2.45, 2.75) is 83.0 Å². The van der Waals surface area contributed by atoms with Gasteiger partial charge in [0.05, 0.1) is 13.2 Å². The van der Waals surface area contributed by atoms with Gasteiger partial charge in [-0.2, -0.15) is 0 Å². The summed E-state index contributed by atoms with van der Waals surface area (Å²) in [4.78, 5) is 9.77. The first-order valence-corrected chi connectivity index (χ1v) is 11.2. The smallest absolute Gasteiger partial charge is 0.191 e. The zero-order valence-electron chi connectivity index (χ0n) is 18.2. The molecule has 2 heterocycles. The molecule has 1 aliphatic carbocycles. The molecule has 0 aromatic rings. The van der Waals surface area contributed by atoms with Crippen molar-refractivity contribution >= 4 is 29.9 Å².